The molecule has 1 aliphatic rings. The second kappa shape index (κ2) is 9.65. The molecule has 1 aliphatic heterocycles. The van der Waals surface area contributed by atoms with Gasteiger partial charge in [-0.1, -0.05) is 47.5 Å². The Morgan fingerprint density at radius 3 is 2.30 bits per heavy atom. The zero-order valence-corrected chi connectivity index (χ0v) is 17.2. The standard InChI is InChI=1S/C20H22Cl3N3O/c21-12-17-11-16(3-6-19(17)23)13-24-20(27)26-9-7-25(8-10-26)14-15-1-4-18(22)5-2-15/h1-6,11H,7-10,12-14H2,(H,24,27). The lowest BCUT2D eigenvalue weighted by Crippen LogP contribution is -2.51. The summed E-state index contributed by atoms with van der Waals surface area (Å²) in [6.07, 6.45) is 0. The fraction of sp³-hybridized carbons (Fsp3) is 0.350. The fourth-order valence-electron chi connectivity index (χ4n) is 3.09. The van der Waals surface area contributed by atoms with Crippen LogP contribution >= 0.6 is 34.8 Å². The van der Waals surface area contributed by atoms with Gasteiger partial charge in [0.1, 0.15) is 0 Å². The number of halogens is 3. The number of nitrogens with zero attached hydrogens (tertiary/aromatic N) is 2. The number of piperazine rings is 1. The average molecular weight is 427 g/mol. The van der Waals surface area contributed by atoms with Gasteiger partial charge in [-0.25, -0.2) is 4.79 Å². The number of hydrogen-bond donors (Lipinski definition) is 1. The molecule has 2 aromatic rings. The van der Waals surface area contributed by atoms with Crippen molar-refractivity contribution in [3.63, 3.8) is 0 Å². The summed E-state index contributed by atoms with van der Waals surface area (Å²) in [5, 5.41) is 4.38. The van der Waals surface area contributed by atoms with Crippen LogP contribution < -0.4 is 5.32 Å². The Hall–Kier alpha value is -1.46. The maximum Gasteiger partial charge on any atom is 0.317 e. The Bertz CT molecular complexity index is 775. The molecule has 1 fully saturated rings. The first-order valence-electron chi connectivity index (χ1n) is 8.88. The van der Waals surface area contributed by atoms with Gasteiger partial charge in [0, 0.05) is 55.2 Å². The van der Waals surface area contributed by atoms with Crippen molar-refractivity contribution < 1.29 is 4.79 Å². The van der Waals surface area contributed by atoms with E-state index in [1.807, 2.05) is 47.4 Å². The number of hydrogen-bond acceptors (Lipinski definition) is 2. The third-order valence-electron chi connectivity index (χ3n) is 4.68. The Balaban J connectivity index is 1.45. The molecule has 144 valence electrons. The van der Waals surface area contributed by atoms with Gasteiger partial charge in [-0.2, -0.15) is 0 Å². The van der Waals surface area contributed by atoms with Gasteiger partial charge in [0.15, 0.2) is 0 Å². The number of benzene rings is 2. The number of nitrogens with one attached hydrogen (secondary N) is 1. The average Bonchev–Trinajstić information content (AvgIpc) is 2.69. The van der Waals surface area contributed by atoms with Crippen LogP contribution in [0.2, 0.25) is 10.0 Å². The third-order valence-corrected chi connectivity index (χ3v) is 5.59. The molecule has 0 aromatic heterocycles. The molecule has 0 bridgehead atoms. The van der Waals surface area contributed by atoms with E-state index in [-0.39, 0.29) is 6.03 Å². The molecule has 2 amide bonds. The quantitative estimate of drug-likeness (QED) is 0.700. The number of amides is 2. The molecule has 7 heteroatoms. The van der Waals surface area contributed by atoms with Crippen molar-refractivity contribution in [1.29, 1.82) is 0 Å². The molecule has 0 radical (unpaired) electrons. The predicted molar refractivity (Wildman–Crippen MR) is 112 cm³/mol. The summed E-state index contributed by atoms with van der Waals surface area (Å²) in [7, 11) is 0. The van der Waals surface area contributed by atoms with E-state index in [0.29, 0.717) is 30.5 Å². The highest BCUT2D eigenvalue weighted by Crippen LogP contribution is 2.19. The Morgan fingerprint density at radius 2 is 1.63 bits per heavy atom. The third kappa shape index (κ3) is 5.76. The van der Waals surface area contributed by atoms with Gasteiger partial charge < -0.3 is 10.2 Å². The van der Waals surface area contributed by atoms with E-state index in [2.05, 4.69) is 10.2 Å². The number of rotatable bonds is 5. The molecule has 27 heavy (non-hydrogen) atoms. The maximum atomic E-state index is 12.4. The Kier molecular flexibility index (Phi) is 7.25. The first kappa shape index (κ1) is 20.3. The molecule has 1 N–H and O–H groups in total. The van der Waals surface area contributed by atoms with Gasteiger partial charge in [-0.05, 0) is 34.9 Å². The van der Waals surface area contributed by atoms with Gasteiger partial charge in [-0.3, -0.25) is 4.90 Å². The van der Waals surface area contributed by atoms with Crippen molar-refractivity contribution in [2.45, 2.75) is 19.0 Å². The Morgan fingerprint density at radius 1 is 0.963 bits per heavy atom. The zero-order valence-electron chi connectivity index (χ0n) is 14.9. The second-order valence-corrected chi connectivity index (χ2v) is 7.72. The minimum atomic E-state index is -0.0384. The lowest BCUT2D eigenvalue weighted by atomic mass is 10.1. The molecule has 0 saturated carbocycles. The molecular formula is C20H22Cl3N3O. The lowest BCUT2D eigenvalue weighted by Gasteiger charge is -2.34. The van der Waals surface area contributed by atoms with E-state index < -0.39 is 0 Å². The van der Waals surface area contributed by atoms with Crippen LogP contribution in [0.15, 0.2) is 42.5 Å². The minimum Gasteiger partial charge on any atom is -0.334 e. The first-order chi connectivity index (χ1) is 13.0. The summed E-state index contributed by atoms with van der Waals surface area (Å²) >= 11 is 17.9. The maximum absolute atomic E-state index is 12.4. The molecule has 0 atom stereocenters. The molecule has 0 aliphatic carbocycles. The van der Waals surface area contributed by atoms with Gasteiger partial charge in [0.2, 0.25) is 0 Å². The van der Waals surface area contributed by atoms with Crippen molar-refractivity contribution in [3.05, 3.63) is 69.2 Å². The normalized spacial score (nSPS) is 15.0. The SMILES string of the molecule is O=C(NCc1ccc(Cl)c(CCl)c1)N1CCN(Cc2ccc(Cl)cc2)CC1. The second-order valence-electron chi connectivity index (χ2n) is 6.61. The monoisotopic (exact) mass is 425 g/mol. The molecule has 4 nitrogen and oxygen atoms in total. The number of carbonyl (C=O) groups excluding carboxylic acids is 1. The molecular weight excluding hydrogens is 405 g/mol. The van der Waals surface area contributed by atoms with Crippen molar-refractivity contribution in [1.82, 2.24) is 15.1 Å². The van der Waals surface area contributed by atoms with Crippen LogP contribution in [0.4, 0.5) is 4.79 Å². The topological polar surface area (TPSA) is 35.6 Å². The molecule has 3 rings (SSSR count). The zero-order chi connectivity index (χ0) is 19.2. The first-order valence-corrected chi connectivity index (χ1v) is 10.2. The Labute approximate surface area is 175 Å². The molecule has 0 spiro atoms. The molecule has 1 heterocycles. The number of urea groups is 1. The van der Waals surface area contributed by atoms with Crippen molar-refractivity contribution in [2.24, 2.45) is 0 Å². The highest BCUT2D eigenvalue weighted by Gasteiger charge is 2.20. The van der Waals surface area contributed by atoms with Gasteiger partial charge in [0.25, 0.3) is 0 Å². The molecule has 1 saturated heterocycles. The summed E-state index contributed by atoms with van der Waals surface area (Å²) in [4.78, 5) is 16.6. The van der Waals surface area contributed by atoms with E-state index in [0.717, 1.165) is 35.8 Å². The largest absolute Gasteiger partial charge is 0.334 e. The van der Waals surface area contributed by atoms with Gasteiger partial charge >= 0.3 is 6.03 Å². The smallest absolute Gasteiger partial charge is 0.317 e. The summed E-state index contributed by atoms with van der Waals surface area (Å²) < 4.78 is 0. The number of alkyl halides is 1. The lowest BCUT2D eigenvalue weighted by molar-refractivity contribution is 0.135. The fourth-order valence-corrected chi connectivity index (χ4v) is 3.69. The molecule has 2 aromatic carbocycles. The highest BCUT2D eigenvalue weighted by molar-refractivity contribution is 6.32. The highest BCUT2D eigenvalue weighted by atomic mass is 35.5. The van der Waals surface area contributed by atoms with E-state index in [4.69, 9.17) is 34.8 Å². The molecule has 0 unspecified atom stereocenters. The van der Waals surface area contributed by atoms with E-state index in [9.17, 15) is 4.79 Å². The van der Waals surface area contributed by atoms with Crippen LogP contribution in [0, 0.1) is 0 Å². The predicted octanol–water partition coefficient (Wildman–Crippen LogP) is 4.76. The van der Waals surface area contributed by atoms with Gasteiger partial charge in [-0.15, -0.1) is 11.6 Å². The minimum absolute atomic E-state index is 0.0384. The van der Waals surface area contributed by atoms with E-state index >= 15 is 0 Å². The van der Waals surface area contributed by atoms with E-state index in [1.54, 1.807) is 0 Å². The van der Waals surface area contributed by atoms with Crippen LogP contribution in [0.25, 0.3) is 0 Å². The van der Waals surface area contributed by atoms with Gasteiger partial charge in [0.05, 0.1) is 0 Å². The van der Waals surface area contributed by atoms with Crippen LogP contribution in [0.1, 0.15) is 16.7 Å². The van der Waals surface area contributed by atoms with Crippen LogP contribution in [0.5, 0.6) is 0 Å². The summed E-state index contributed by atoms with van der Waals surface area (Å²) in [6.45, 7) is 4.48. The van der Waals surface area contributed by atoms with E-state index in [1.165, 1.54) is 5.56 Å². The van der Waals surface area contributed by atoms with Crippen molar-refractivity contribution in [3.8, 4) is 0 Å². The van der Waals surface area contributed by atoms with Crippen LogP contribution in [0.3, 0.4) is 0 Å². The van der Waals surface area contributed by atoms with Crippen molar-refractivity contribution >= 4 is 40.8 Å². The summed E-state index contributed by atoms with van der Waals surface area (Å²) in [6, 6.07) is 13.5. The van der Waals surface area contributed by atoms with Crippen LogP contribution in [-0.4, -0.2) is 42.0 Å². The van der Waals surface area contributed by atoms with Crippen molar-refractivity contribution in [2.75, 3.05) is 26.2 Å². The van der Waals surface area contributed by atoms with Crippen LogP contribution in [-0.2, 0) is 19.0 Å². The summed E-state index contributed by atoms with van der Waals surface area (Å²) in [5.41, 5.74) is 3.10. The number of carbonyl (C=O) groups is 1. The summed E-state index contributed by atoms with van der Waals surface area (Å²) in [5.74, 6) is 0.357.